The molecule has 1 heterocycles. The number of nitrogens with two attached hydrogens (primary N) is 1. The van der Waals surface area contributed by atoms with E-state index in [0.29, 0.717) is 18.1 Å². The van der Waals surface area contributed by atoms with E-state index in [1.54, 1.807) is 0 Å². The van der Waals surface area contributed by atoms with Crippen LogP contribution < -0.4 is 5.73 Å². The molecule has 1 aromatic carbocycles. The molecule has 0 amide bonds. The fourth-order valence-electron chi connectivity index (χ4n) is 1.63. The number of rotatable bonds is 7. The van der Waals surface area contributed by atoms with Crippen molar-refractivity contribution in [2.75, 3.05) is 13.2 Å². The highest BCUT2D eigenvalue weighted by atomic mass is 19.3. The molecule has 1 aromatic heterocycles. The molecule has 0 bridgehead atoms. The summed E-state index contributed by atoms with van der Waals surface area (Å²) in [7, 11) is 0. The molecule has 0 unspecified atom stereocenters. The predicted octanol–water partition coefficient (Wildman–Crippen LogP) is 1.94. The summed E-state index contributed by atoms with van der Waals surface area (Å²) in [5.41, 5.74) is 6.86. The van der Waals surface area contributed by atoms with Crippen LogP contribution in [0.2, 0.25) is 0 Å². The lowest BCUT2D eigenvalue weighted by Crippen LogP contribution is -2.12. The van der Waals surface area contributed by atoms with E-state index in [4.69, 9.17) is 15.0 Å². The molecule has 1 atom stereocenters. The van der Waals surface area contributed by atoms with Gasteiger partial charge in [-0.1, -0.05) is 35.5 Å². The summed E-state index contributed by atoms with van der Waals surface area (Å²) in [6, 6.07) is 8.84. The Morgan fingerprint density at radius 1 is 1.25 bits per heavy atom. The second-order valence-electron chi connectivity index (χ2n) is 4.15. The van der Waals surface area contributed by atoms with Crippen LogP contribution in [-0.2, 0) is 11.2 Å². The molecule has 0 aliphatic rings. The van der Waals surface area contributed by atoms with Crippen molar-refractivity contribution in [3.63, 3.8) is 0 Å². The fraction of sp³-hybridized carbons (Fsp3) is 0.385. The number of alkyl halides is 2. The van der Waals surface area contributed by atoms with Crippen molar-refractivity contribution >= 4 is 0 Å². The van der Waals surface area contributed by atoms with Gasteiger partial charge in [-0.3, -0.25) is 0 Å². The van der Waals surface area contributed by atoms with Crippen molar-refractivity contribution in [2.24, 2.45) is 5.73 Å². The summed E-state index contributed by atoms with van der Waals surface area (Å²) in [6.45, 7) is -0.474. The van der Waals surface area contributed by atoms with Crippen LogP contribution in [0.5, 0.6) is 0 Å². The summed E-state index contributed by atoms with van der Waals surface area (Å²) in [5, 5.41) is 3.75. The van der Waals surface area contributed by atoms with E-state index in [1.807, 2.05) is 30.3 Å². The SMILES string of the molecule is N[C@@H](c1ccccc1)c1nc(CCOCC(F)F)no1. The average molecular weight is 283 g/mol. The maximum Gasteiger partial charge on any atom is 0.261 e. The second-order valence-corrected chi connectivity index (χ2v) is 4.15. The number of aromatic nitrogens is 2. The molecule has 0 aliphatic heterocycles. The van der Waals surface area contributed by atoms with E-state index < -0.39 is 19.1 Å². The van der Waals surface area contributed by atoms with Gasteiger partial charge in [0, 0.05) is 6.42 Å². The first-order chi connectivity index (χ1) is 9.66. The van der Waals surface area contributed by atoms with Gasteiger partial charge in [-0.25, -0.2) is 8.78 Å². The summed E-state index contributed by atoms with van der Waals surface area (Å²) < 4.78 is 33.6. The van der Waals surface area contributed by atoms with Crippen LogP contribution >= 0.6 is 0 Å². The van der Waals surface area contributed by atoms with E-state index in [9.17, 15) is 8.78 Å². The van der Waals surface area contributed by atoms with Crippen LogP contribution in [0.4, 0.5) is 8.78 Å². The van der Waals surface area contributed by atoms with Crippen LogP contribution in [0, 0.1) is 0 Å². The van der Waals surface area contributed by atoms with Gasteiger partial charge in [-0.05, 0) is 5.56 Å². The molecule has 0 radical (unpaired) electrons. The molecule has 20 heavy (non-hydrogen) atoms. The Hall–Kier alpha value is -1.86. The lowest BCUT2D eigenvalue weighted by Gasteiger charge is -2.05. The Balaban J connectivity index is 1.89. The van der Waals surface area contributed by atoms with Crippen molar-refractivity contribution in [1.29, 1.82) is 0 Å². The van der Waals surface area contributed by atoms with E-state index in [-0.39, 0.29) is 6.61 Å². The molecule has 0 fully saturated rings. The molecule has 2 N–H and O–H groups in total. The Kier molecular flexibility index (Phi) is 5.14. The average Bonchev–Trinajstić information content (AvgIpc) is 2.92. The van der Waals surface area contributed by atoms with Gasteiger partial charge in [0.1, 0.15) is 12.6 Å². The van der Waals surface area contributed by atoms with Gasteiger partial charge in [-0.15, -0.1) is 0 Å². The number of hydrogen-bond donors (Lipinski definition) is 1. The minimum Gasteiger partial charge on any atom is -0.375 e. The third kappa shape index (κ3) is 4.07. The Morgan fingerprint density at radius 2 is 2.00 bits per heavy atom. The lowest BCUT2D eigenvalue weighted by molar-refractivity contribution is 0.0182. The summed E-state index contributed by atoms with van der Waals surface area (Å²) >= 11 is 0. The van der Waals surface area contributed by atoms with Crippen LogP contribution in [-0.4, -0.2) is 29.8 Å². The summed E-state index contributed by atoms with van der Waals surface area (Å²) in [4.78, 5) is 4.13. The highest BCUT2D eigenvalue weighted by Crippen LogP contribution is 2.17. The van der Waals surface area contributed by atoms with Crippen molar-refractivity contribution in [3.05, 3.63) is 47.6 Å². The van der Waals surface area contributed by atoms with Gasteiger partial charge in [0.05, 0.1) is 6.61 Å². The Labute approximate surface area is 114 Å². The van der Waals surface area contributed by atoms with Gasteiger partial charge in [-0.2, -0.15) is 4.98 Å². The Bertz CT molecular complexity index is 519. The smallest absolute Gasteiger partial charge is 0.261 e. The van der Waals surface area contributed by atoms with Crippen LogP contribution in [0.1, 0.15) is 23.3 Å². The molecular weight excluding hydrogens is 268 g/mol. The largest absolute Gasteiger partial charge is 0.375 e. The number of benzene rings is 1. The maximum absolute atomic E-state index is 11.9. The number of hydrogen-bond acceptors (Lipinski definition) is 5. The maximum atomic E-state index is 11.9. The molecule has 0 spiro atoms. The zero-order valence-electron chi connectivity index (χ0n) is 10.7. The molecule has 2 rings (SSSR count). The molecule has 0 saturated heterocycles. The van der Waals surface area contributed by atoms with Gasteiger partial charge in [0.25, 0.3) is 6.43 Å². The molecular formula is C13H15F2N3O2. The van der Waals surface area contributed by atoms with E-state index in [2.05, 4.69) is 10.1 Å². The van der Waals surface area contributed by atoms with Gasteiger partial charge >= 0.3 is 0 Å². The standard InChI is InChI=1S/C13H15F2N3O2/c14-10(15)8-19-7-6-11-17-13(20-18-11)12(16)9-4-2-1-3-5-9/h1-5,10,12H,6-8,16H2/t12-/m0/s1. The number of halogens is 2. The van der Waals surface area contributed by atoms with E-state index in [1.165, 1.54) is 0 Å². The molecule has 0 saturated carbocycles. The minimum atomic E-state index is -2.47. The topological polar surface area (TPSA) is 74.2 Å². The molecule has 108 valence electrons. The van der Waals surface area contributed by atoms with Gasteiger partial charge in [0.15, 0.2) is 5.82 Å². The zero-order valence-corrected chi connectivity index (χ0v) is 10.7. The number of nitrogens with zero attached hydrogens (tertiary/aromatic N) is 2. The van der Waals surface area contributed by atoms with Crippen molar-refractivity contribution in [2.45, 2.75) is 18.9 Å². The third-order valence-electron chi connectivity index (χ3n) is 2.62. The molecule has 7 heteroatoms. The first-order valence-corrected chi connectivity index (χ1v) is 6.15. The predicted molar refractivity (Wildman–Crippen MR) is 67.3 cm³/mol. The van der Waals surface area contributed by atoms with Crippen LogP contribution in [0.15, 0.2) is 34.9 Å². The summed E-state index contributed by atoms with van der Waals surface area (Å²) in [5.74, 6) is 0.681. The third-order valence-corrected chi connectivity index (χ3v) is 2.62. The van der Waals surface area contributed by atoms with Crippen molar-refractivity contribution in [1.82, 2.24) is 10.1 Å². The first kappa shape index (κ1) is 14.5. The van der Waals surface area contributed by atoms with Crippen LogP contribution in [0.3, 0.4) is 0 Å². The van der Waals surface area contributed by atoms with Gasteiger partial charge < -0.3 is 15.0 Å². The molecule has 0 aliphatic carbocycles. The quantitative estimate of drug-likeness (QED) is 0.786. The Morgan fingerprint density at radius 3 is 2.70 bits per heavy atom. The second kappa shape index (κ2) is 7.06. The first-order valence-electron chi connectivity index (χ1n) is 6.15. The monoisotopic (exact) mass is 283 g/mol. The molecule has 5 nitrogen and oxygen atoms in total. The van der Waals surface area contributed by atoms with E-state index >= 15 is 0 Å². The van der Waals surface area contributed by atoms with E-state index in [0.717, 1.165) is 5.56 Å². The van der Waals surface area contributed by atoms with Gasteiger partial charge in [0.2, 0.25) is 5.89 Å². The summed E-state index contributed by atoms with van der Waals surface area (Å²) in [6.07, 6.45) is -2.17. The zero-order chi connectivity index (χ0) is 14.4. The van der Waals surface area contributed by atoms with Crippen molar-refractivity contribution < 1.29 is 18.0 Å². The minimum absolute atomic E-state index is 0.115. The highest BCUT2D eigenvalue weighted by Gasteiger charge is 2.16. The number of ether oxygens (including phenoxy) is 1. The normalized spacial score (nSPS) is 12.8. The molecule has 2 aromatic rings. The fourth-order valence-corrected chi connectivity index (χ4v) is 1.63. The van der Waals surface area contributed by atoms with Crippen molar-refractivity contribution in [3.8, 4) is 0 Å². The highest BCUT2D eigenvalue weighted by molar-refractivity contribution is 5.22. The van der Waals surface area contributed by atoms with Crippen LogP contribution in [0.25, 0.3) is 0 Å². The lowest BCUT2D eigenvalue weighted by atomic mass is 10.1.